The molecular weight excluding hydrogens is 352 g/mol. The van der Waals surface area contributed by atoms with Gasteiger partial charge in [-0.2, -0.15) is 0 Å². The molecule has 0 bridgehead atoms. The van der Waals surface area contributed by atoms with Gasteiger partial charge in [-0.1, -0.05) is 6.07 Å². The minimum Gasteiger partial charge on any atom is -0.418 e. The zero-order valence-corrected chi connectivity index (χ0v) is 16.6. The quantitative estimate of drug-likeness (QED) is 0.729. The maximum atomic E-state index is 11.7. The van der Waals surface area contributed by atoms with Crippen molar-refractivity contribution in [3.8, 4) is 11.5 Å². The van der Waals surface area contributed by atoms with Crippen LogP contribution in [-0.2, 0) is 11.2 Å². The smallest absolute Gasteiger partial charge is 0.247 e. The van der Waals surface area contributed by atoms with E-state index in [2.05, 4.69) is 47.6 Å². The van der Waals surface area contributed by atoms with Crippen LogP contribution < -0.4 is 10.2 Å². The number of rotatable bonds is 4. The third kappa shape index (κ3) is 3.38. The average molecular weight is 376 g/mol. The number of fused-ring (bicyclic) bond motifs is 1. The van der Waals surface area contributed by atoms with Crippen LogP contribution in [0.2, 0.25) is 0 Å². The number of aromatic nitrogens is 2. The Kier molecular flexibility index (Phi) is 4.63. The molecule has 4 rings (SSSR count). The molecule has 1 aromatic heterocycles. The van der Waals surface area contributed by atoms with Crippen molar-refractivity contribution in [1.29, 1.82) is 0 Å². The van der Waals surface area contributed by atoms with Crippen LogP contribution in [0.25, 0.3) is 11.5 Å². The van der Waals surface area contributed by atoms with Crippen LogP contribution in [0.3, 0.4) is 0 Å². The van der Waals surface area contributed by atoms with E-state index in [1.165, 1.54) is 16.7 Å². The minimum absolute atomic E-state index is 0.0811. The highest BCUT2D eigenvalue weighted by Crippen LogP contribution is 2.32. The van der Waals surface area contributed by atoms with Gasteiger partial charge in [-0.3, -0.25) is 4.79 Å². The predicted octanol–water partition coefficient (Wildman–Crippen LogP) is 4.44. The second-order valence-electron chi connectivity index (χ2n) is 7.37. The maximum absolute atomic E-state index is 11.7. The van der Waals surface area contributed by atoms with Crippen LogP contribution in [0.15, 0.2) is 40.8 Å². The number of carbonyl (C=O) groups is 1. The van der Waals surface area contributed by atoms with Gasteiger partial charge in [-0.25, -0.2) is 0 Å². The van der Waals surface area contributed by atoms with Crippen molar-refractivity contribution in [3.63, 3.8) is 0 Å². The molecule has 0 saturated carbocycles. The lowest BCUT2D eigenvalue weighted by Crippen LogP contribution is -2.25. The second kappa shape index (κ2) is 7.11. The zero-order valence-electron chi connectivity index (χ0n) is 16.6. The van der Waals surface area contributed by atoms with Crippen molar-refractivity contribution in [1.82, 2.24) is 10.2 Å². The Bertz CT molecular complexity index is 1040. The molecule has 0 unspecified atom stereocenters. The molecule has 6 nitrogen and oxygen atoms in total. The Morgan fingerprint density at radius 3 is 2.71 bits per heavy atom. The number of amides is 1. The van der Waals surface area contributed by atoms with E-state index in [0.717, 1.165) is 29.9 Å². The summed E-state index contributed by atoms with van der Waals surface area (Å²) < 4.78 is 5.90. The molecule has 2 aromatic carbocycles. The molecule has 0 radical (unpaired) electrons. The fourth-order valence-corrected chi connectivity index (χ4v) is 3.53. The van der Waals surface area contributed by atoms with E-state index in [-0.39, 0.29) is 11.9 Å². The second-order valence-corrected chi connectivity index (χ2v) is 7.37. The molecule has 1 N–H and O–H groups in total. The Morgan fingerprint density at radius 1 is 1.14 bits per heavy atom. The van der Waals surface area contributed by atoms with Gasteiger partial charge in [-0.05, 0) is 74.2 Å². The Morgan fingerprint density at radius 2 is 1.96 bits per heavy atom. The number of hydrogen-bond acceptors (Lipinski definition) is 5. The van der Waals surface area contributed by atoms with Crippen molar-refractivity contribution in [3.05, 3.63) is 59.0 Å². The number of anilines is 2. The standard InChI is InChI=1S/C22H24N4O2/c1-13-5-6-18(11-14(13)2)22-25-24-21(28-22)15(3)23-19-7-8-20-17(12-19)9-10-26(20)16(4)27/h5-8,11-12,15,23H,9-10H2,1-4H3/t15-/m0/s1. The average Bonchev–Trinajstić information content (AvgIpc) is 3.31. The lowest BCUT2D eigenvalue weighted by Gasteiger charge is -2.16. The fourth-order valence-electron chi connectivity index (χ4n) is 3.53. The molecule has 1 amide bonds. The number of nitrogens with zero attached hydrogens (tertiary/aromatic N) is 3. The molecule has 1 atom stereocenters. The van der Waals surface area contributed by atoms with Gasteiger partial charge < -0.3 is 14.6 Å². The highest BCUT2D eigenvalue weighted by atomic mass is 16.4. The van der Waals surface area contributed by atoms with Crippen LogP contribution >= 0.6 is 0 Å². The van der Waals surface area contributed by atoms with Gasteiger partial charge in [0.25, 0.3) is 0 Å². The maximum Gasteiger partial charge on any atom is 0.247 e. The first kappa shape index (κ1) is 18.2. The number of aryl methyl sites for hydroxylation is 2. The summed E-state index contributed by atoms with van der Waals surface area (Å²) in [5.74, 6) is 1.15. The molecule has 3 aromatic rings. The summed E-state index contributed by atoms with van der Waals surface area (Å²) in [5.41, 5.74) is 6.51. The van der Waals surface area contributed by atoms with E-state index in [0.29, 0.717) is 11.8 Å². The first-order chi connectivity index (χ1) is 13.4. The van der Waals surface area contributed by atoms with E-state index in [1.54, 1.807) is 6.92 Å². The monoisotopic (exact) mass is 376 g/mol. The third-order valence-corrected chi connectivity index (χ3v) is 5.30. The van der Waals surface area contributed by atoms with Crippen molar-refractivity contribution >= 4 is 17.3 Å². The Hall–Kier alpha value is -3.15. The summed E-state index contributed by atoms with van der Waals surface area (Å²) in [4.78, 5) is 13.5. The van der Waals surface area contributed by atoms with Crippen LogP contribution in [0.4, 0.5) is 11.4 Å². The van der Waals surface area contributed by atoms with Crippen LogP contribution in [-0.4, -0.2) is 22.6 Å². The van der Waals surface area contributed by atoms with Gasteiger partial charge in [0.15, 0.2) is 0 Å². The van der Waals surface area contributed by atoms with Crippen LogP contribution in [0, 0.1) is 13.8 Å². The first-order valence-electron chi connectivity index (χ1n) is 9.51. The van der Waals surface area contributed by atoms with Gasteiger partial charge in [0.1, 0.15) is 6.04 Å². The number of hydrogen-bond donors (Lipinski definition) is 1. The molecule has 2 heterocycles. The molecular formula is C22H24N4O2. The zero-order chi connectivity index (χ0) is 19.8. The highest BCUT2D eigenvalue weighted by molar-refractivity contribution is 5.94. The lowest BCUT2D eigenvalue weighted by atomic mass is 10.1. The van der Waals surface area contributed by atoms with E-state index in [9.17, 15) is 4.79 Å². The summed E-state index contributed by atoms with van der Waals surface area (Å²) in [6.45, 7) is 8.49. The summed E-state index contributed by atoms with van der Waals surface area (Å²) in [6, 6.07) is 12.1. The van der Waals surface area contributed by atoms with Gasteiger partial charge in [-0.15, -0.1) is 10.2 Å². The first-order valence-corrected chi connectivity index (χ1v) is 9.51. The molecule has 6 heteroatoms. The summed E-state index contributed by atoms with van der Waals surface area (Å²) >= 11 is 0. The van der Waals surface area contributed by atoms with E-state index in [1.807, 2.05) is 30.0 Å². The van der Waals surface area contributed by atoms with Gasteiger partial charge in [0.05, 0.1) is 0 Å². The molecule has 0 spiro atoms. The fraction of sp³-hybridized carbons (Fsp3) is 0.318. The van der Waals surface area contributed by atoms with Gasteiger partial charge >= 0.3 is 0 Å². The Balaban J connectivity index is 1.50. The topological polar surface area (TPSA) is 71.3 Å². The third-order valence-electron chi connectivity index (χ3n) is 5.30. The molecule has 144 valence electrons. The number of benzene rings is 2. The summed E-state index contributed by atoms with van der Waals surface area (Å²) in [5, 5.41) is 11.8. The number of carbonyl (C=O) groups excluding carboxylic acids is 1. The summed E-state index contributed by atoms with van der Waals surface area (Å²) in [6.07, 6.45) is 0.871. The predicted molar refractivity (Wildman–Crippen MR) is 109 cm³/mol. The van der Waals surface area contributed by atoms with Gasteiger partial charge in [0, 0.05) is 30.4 Å². The molecule has 28 heavy (non-hydrogen) atoms. The van der Waals surface area contributed by atoms with E-state index in [4.69, 9.17) is 4.42 Å². The summed E-state index contributed by atoms with van der Waals surface area (Å²) in [7, 11) is 0. The molecule has 1 aliphatic rings. The van der Waals surface area contributed by atoms with Crippen LogP contribution in [0.5, 0.6) is 0 Å². The Labute approximate surface area is 164 Å². The molecule has 0 fully saturated rings. The minimum atomic E-state index is -0.129. The van der Waals surface area contributed by atoms with Crippen LogP contribution in [0.1, 0.15) is 42.5 Å². The van der Waals surface area contributed by atoms with Gasteiger partial charge in [0.2, 0.25) is 17.7 Å². The van der Waals surface area contributed by atoms with E-state index >= 15 is 0 Å². The largest absolute Gasteiger partial charge is 0.418 e. The highest BCUT2D eigenvalue weighted by Gasteiger charge is 2.23. The van der Waals surface area contributed by atoms with Crippen molar-refractivity contribution in [2.75, 3.05) is 16.8 Å². The molecule has 0 saturated heterocycles. The SMILES string of the molecule is CC(=O)N1CCc2cc(N[C@@H](C)c3nnc(-c4ccc(C)c(C)c4)o3)ccc21. The normalized spacial score (nSPS) is 14.1. The lowest BCUT2D eigenvalue weighted by molar-refractivity contribution is -0.116. The number of nitrogens with one attached hydrogen (secondary N) is 1. The van der Waals surface area contributed by atoms with Crippen molar-refractivity contribution in [2.45, 2.75) is 40.2 Å². The molecule has 0 aliphatic carbocycles. The van der Waals surface area contributed by atoms with Crippen molar-refractivity contribution in [2.24, 2.45) is 0 Å². The molecule has 1 aliphatic heterocycles. The van der Waals surface area contributed by atoms with Crippen molar-refractivity contribution < 1.29 is 9.21 Å². The van der Waals surface area contributed by atoms with E-state index < -0.39 is 0 Å².